The van der Waals surface area contributed by atoms with E-state index in [1.165, 1.54) is 100 Å². The third kappa shape index (κ3) is 6.69. The molecule has 0 heterocycles. The van der Waals surface area contributed by atoms with Crippen LogP contribution in [-0.2, 0) is 10.8 Å². The highest BCUT2D eigenvalue weighted by Gasteiger charge is 2.47. The van der Waals surface area contributed by atoms with E-state index in [1.54, 1.807) is 0 Å². The first-order valence-corrected chi connectivity index (χ1v) is 23.4. The van der Waals surface area contributed by atoms with Gasteiger partial charge < -0.3 is 9.80 Å². The minimum Gasteiger partial charge on any atom is -0.310 e. The van der Waals surface area contributed by atoms with Crippen molar-refractivity contribution in [3.63, 3.8) is 0 Å². The van der Waals surface area contributed by atoms with Crippen LogP contribution in [0.25, 0.3) is 44.5 Å². The summed E-state index contributed by atoms with van der Waals surface area (Å²) in [5.74, 6) is 0. The largest absolute Gasteiger partial charge is 0.310 e. The topological polar surface area (TPSA) is 6.48 Å². The number of rotatable bonds is 8. The van der Waals surface area contributed by atoms with Crippen molar-refractivity contribution in [3.8, 4) is 44.5 Å². The Morgan fingerprint density at radius 2 is 0.606 bits per heavy atom. The molecule has 0 aliphatic heterocycles. The van der Waals surface area contributed by atoms with Crippen molar-refractivity contribution in [1.29, 1.82) is 0 Å². The fourth-order valence-electron chi connectivity index (χ4n) is 11.2. The van der Waals surface area contributed by atoms with Gasteiger partial charge in [-0.2, -0.15) is 0 Å². The van der Waals surface area contributed by atoms with Crippen molar-refractivity contribution in [2.75, 3.05) is 9.80 Å². The summed E-state index contributed by atoms with van der Waals surface area (Å²) in [6, 6.07) is 72.0. The third-order valence-electron chi connectivity index (χ3n) is 14.5. The summed E-state index contributed by atoms with van der Waals surface area (Å²) in [7, 11) is 0. The van der Waals surface area contributed by atoms with E-state index in [0.717, 1.165) is 22.7 Å². The van der Waals surface area contributed by atoms with E-state index < -0.39 is 0 Å². The maximum absolute atomic E-state index is 2.49. The SMILES string of the molecule is Cc1ccc(N(c2ccc(-c3ccccc3)cc2)c2cc(C)c3c(c2)C(C)(C)c2c-3ccc3c2C(C)(C)c2cc(N(c4ccc(C)cc4)c4ccc(-c5ccccc5)cc4)cc(C)c2-3)cc1. The Morgan fingerprint density at radius 1 is 0.303 bits per heavy atom. The van der Waals surface area contributed by atoms with Gasteiger partial charge in [0, 0.05) is 45.0 Å². The van der Waals surface area contributed by atoms with Crippen molar-refractivity contribution in [2.24, 2.45) is 0 Å². The van der Waals surface area contributed by atoms with Crippen LogP contribution in [0.15, 0.2) is 194 Å². The molecule has 0 N–H and O–H groups in total. The second-order valence-corrected chi connectivity index (χ2v) is 19.7. The predicted molar refractivity (Wildman–Crippen MR) is 281 cm³/mol. The molecule has 0 bridgehead atoms. The van der Waals surface area contributed by atoms with E-state index in [1.807, 2.05) is 0 Å². The Balaban J connectivity index is 1.01. The number of aryl methyl sites for hydroxylation is 4. The molecule has 66 heavy (non-hydrogen) atoms. The van der Waals surface area contributed by atoms with E-state index in [2.05, 4.69) is 259 Å². The highest BCUT2D eigenvalue weighted by atomic mass is 15.1. The Bertz CT molecular complexity index is 3060. The number of hydrogen-bond donors (Lipinski definition) is 0. The molecule has 11 rings (SSSR count). The first-order chi connectivity index (χ1) is 31.9. The molecule has 2 heteroatoms. The second kappa shape index (κ2) is 15.6. The van der Waals surface area contributed by atoms with Crippen LogP contribution in [0.3, 0.4) is 0 Å². The van der Waals surface area contributed by atoms with Crippen molar-refractivity contribution in [2.45, 2.75) is 66.2 Å². The number of anilines is 6. The second-order valence-electron chi connectivity index (χ2n) is 19.7. The average Bonchev–Trinajstić information content (AvgIpc) is 3.71. The smallest absolute Gasteiger partial charge is 0.0467 e. The van der Waals surface area contributed by atoms with Crippen LogP contribution >= 0.6 is 0 Å². The van der Waals surface area contributed by atoms with Gasteiger partial charge in [0.1, 0.15) is 0 Å². The molecular formula is C64H56N2. The highest BCUT2D eigenvalue weighted by Crippen LogP contribution is 2.61. The zero-order valence-corrected chi connectivity index (χ0v) is 39.4. The molecule has 0 amide bonds. The lowest BCUT2D eigenvalue weighted by Gasteiger charge is -2.32. The number of nitrogens with zero attached hydrogens (tertiary/aromatic N) is 2. The molecule has 322 valence electrons. The van der Waals surface area contributed by atoms with Crippen LogP contribution in [0.4, 0.5) is 34.1 Å². The molecule has 2 aliphatic rings. The molecule has 2 aliphatic carbocycles. The molecule has 0 saturated heterocycles. The van der Waals surface area contributed by atoms with Crippen LogP contribution in [0.2, 0.25) is 0 Å². The number of fused-ring (bicyclic) bond motifs is 7. The molecule has 0 unspecified atom stereocenters. The normalized spacial score (nSPS) is 13.7. The molecule has 0 aromatic heterocycles. The first-order valence-electron chi connectivity index (χ1n) is 23.4. The van der Waals surface area contributed by atoms with Gasteiger partial charge >= 0.3 is 0 Å². The fraction of sp³-hybridized carbons (Fsp3) is 0.156. The highest BCUT2D eigenvalue weighted by molar-refractivity contribution is 5.96. The van der Waals surface area contributed by atoms with Gasteiger partial charge in [-0.25, -0.2) is 0 Å². The minimum absolute atomic E-state index is 0.253. The van der Waals surface area contributed by atoms with Gasteiger partial charge in [-0.15, -0.1) is 0 Å². The van der Waals surface area contributed by atoms with Crippen LogP contribution in [-0.4, -0.2) is 0 Å². The average molecular weight is 853 g/mol. The van der Waals surface area contributed by atoms with Crippen molar-refractivity contribution >= 4 is 34.1 Å². The maximum atomic E-state index is 2.49. The van der Waals surface area contributed by atoms with Crippen molar-refractivity contribution in [3.05, 3.63) is 239 Å². The maximum Gasteiger partial charge on any atom is 0.0467 e. The van der Waals surface area contributed by atoms with Crippen LogP contribution in [0.1, 0.15) is 72.2 Å². The van der Waals surface area contributed by atoms with E-state index in [0.29, 0.717) is 0 Å². The summed E-state index contributed by atoms with van der Waals surface area (Å²) in [4.78, 5) is 4.87. The van der Waals surface area contributed by atoms with Gasteiger partial charge in [0.05, 0.1) is 0 Å². The van der Waals surface area contributed by atoms with E-state index in [4.69, 9.17) is 0 Å². The minimum atomic E-state index is -0.253. The number of hydrogen-bond acceptors (Lipinski definition) is 2. The Morgan fingerprint density at radius 3 is 0.939 bits per heavy atom. The summed E-state index contributed by atoms with van der Waals surface area (Å²) < 4.78 is 0. The fourth-order valence-corrected chi connectivity index (χ4v) is 11.2. The van der Waals surface area contributed by atoms with Crippen LogP contribution in [0, 0.1) is 27.7 Å². The van der Waals surface area contributed by atoms with Gasteiger partial charge in [-0.05, 0) is 178 Å². The molecule has 0 radical (unpaired) electrons. The van der Waals surface area contributed by atoms with Gasteiger partial charge in [0.15, 0.2) is 0 Å². The summed E-state index contributed by atoms with van der Waals surface area (Å²) in [5.41, 5.74) is 27.6. The lowest BCUT2D eigenvalue weighted by Crippen LogP contribution is -2.24. The zero-order chi connectivity index (χ0) is 45.5. The molecule has 2 nitrogen and oxygen atoms in total. The van der Waals surface area contributed by atoms with E-state index >= 15 is 0 Å². The third-order valence-corrected chi connectivity index (χ3v) is 14.5. The lowest BCUT2D eigenvalue weighted by molar-refractivity contribution is 0.601. The molecule has 0 spiro atoms. The Hall–Kier alpha value is -7.42. The monoisotopic (exact) mass is 852 g/mol. The quantitative estimate of drug-likeness (QED) is 0.150. The molecule has 9 aromatic rings. The predicted octanol–water partition coefficient (Wildman–Crippen LogP) is 17.8. The van der Waals surface area contributed by atoms with Crippen LogP contribution < -0.4 is 9.80 Å². The summed E-state index contributed by atoms with van der Waals surface area (Å²) in [5, 5.41) is 0. The van der Waals surface area contributed by atoms with Gasteiger partial charge in [0.2, 0.25) is 0 Å². The summed E-state index contributed by atoms with van der Waals surface area (Å²) in [6.07, 6.45) is 0. The van der Waals surface area contributed by atoms with Gasteiger partial charge in [-0.1, -0.05) is 160 Å². The summed E-state index contributed by atoms with van der Waals surface area (Å²) >= 11 is 0. The molecule has 0 fully saturated rings. The Labute approximate surface area is 391 Å². The first kappa shape index (κ1) is 41.3. The molecule has 0 saturated carbocycles. The van der Waals surface area contributed by atoms with Gasteiger partial charge in [-0.3, -0.25) is 0 Å². The summed E-state index contributed by atoms with van der Waals surface area (Å²) in [6.45, 7) is 18.8. The van der Waals surface area contributed by atoms with Crippen molar-refractivity contribution in [1.82, 2.24) is 0 Å². The van der Waals surface area contributed by atoms with Crippen LogP contribution in [0.5, 0.6) is 0 Å². The van der Waals surface area contributed by atoms with Gasteiger partial charge in [0.25, 0.3) is 0 Å². The molecule has 9 aromatic carbocycles. The lowest BCUT2D eigenvalue weighted by atomic mass is 9.72. The Kier molecular flexibility index (Phi) is 9.78. The number of benzene rings is 9. The van der Waals surface area contributed by atoms with Crippen molar-refractivity contribution < 1.29 is 0 Å². The molecule has 0 atom stereocenters. The van der Waals surface area contributed by atoms with E-state index in [-0.39, 0.29) is 10.8 Å². The van der Waals surface area contributed by atoms with E-state index in [9.17, 15) is 0 Å². The standard InChI is InChI=1S/C64H56N2/c1-41-19-27-49(28-20-41)65(51-31-23-47(24-32-51)45-15-11-9-12-16-45)53-37-43(3)59-55-35-36-56-60-44(4)38-54(40-58(60)64(7,8)62(56)61(55)63(5,6)57(59)39-53)66(50-29-21-42(2)22-30-50)52-33-25-48(26-34-52)46-17-13-10-14-18-46/h9-40H,1-8H3. The molecular weight excluding hydrogens is 797 g/mol. The zero-order valence-electron chi connectivity index (χ0n) is 39.4.